The molecular weight excluding hydrogens is 216 g/mol. The van der Waals surface area contributed by atoms with E-state index in [0.717, 1.165) is 12.8 Å². The second-order valence-corrected chi connectivity index (χ2v) is 5.03. The largest absolute Gasteiger partial charge is 0.394 e. The van der Waals surface area contributed by atoms with Crippen LogP contribution in [0.3, 0.4) is 0 Å². The van der Waals surface area contributed by atoms with Gasteiger partial charge in [0.05, 0.1) is 12.2 Å². The van der Waals surface area contributed by atoms with Crippen LogP contribution in [0.5, 0.6) is 0 Å². The summed E-state index contributed by atoms with van der Waals surface area (Å²) < 4.78 is 0. The normalized spacial score (nSPS) is 16.8. The van der Waals surface area contributed by atoms with E-state index in [4.69, 9.17) is 5.11 Å². The van der Waals surface area contributed by atoms with Crippen molar-refractivity contribution in [1.82, 2.24) is 0 Å². The molecule has 0 bridgehead atoms. The zero-order valence-electron chi connectivity index (χ0n) is 11.5. The van der Waals surface area contributed by atoms with Crippen LogP contribution in [0.1, 0.15) is 71.6 Å². The van der Waals surface area contributed by atoms with Crippen molar-refractivity contribution in [2.75, 3.05) is 6.61 Å². The highest BCUT2D eigenvalue weighted by atomic mass is 16.4. The first kappa shape index (κ1) is 16.9. The molecule has 2 atom stereocenters. The Morgan fingerprint density at radius 3 is 1.94 bits per heavy atom. The maximum absolute atomic E-state index is 10.1. The third-order valence-corrected chi connectivity index (χ3v) is 3.62. The Morgan fingerprint density at radius 1 is 0.941 bits per heavy atom. The molecule has 0 amide bonds. The van der Waals surface area contributed by atoms with Crippen molar-refractivity contribution >= 4 is 0 Å². The highest BCUT2D eigenvalue weighted by Gasteiger charge is 2.32. The third-order valence-electron chi connectivity index (χ3n) is 3.62. The molecule has 17 heavy (non-hydrogen) atoms. The van der Waals surface area contributed by atoms with E-state index in [9.17, 15) is 10.2 Å². The number of unbranched alkanes of at least 4 members (excludes halogenated alkanes) is 6. The van der Waals surface area contributed by atoms with Gasteiger partial charge in [0.15, 0.2) is 0 Å². The lowest BCUT2D eigenvalue weighted by Gasteiger charge is -2.31. The van der Waals surface area contributed by atoms with E-state index in [2.05, 4.69) is 6.92 Å². The van der Waals surface area contributed by atoms with Crippen LogP contribution in [-0.2, 0) is 0 Å². The summed E-state index contributed by atoms with van der Waals surface area (Å²) in [6.07, 6.45) is 8.43. The van der Waals surface area contributed by atoms with Gasteiger partial charge in [-0.2, -0.15) is 0 Å². The molecule has 0 spiro atoms. The Balaban J connectivity index is 3.63. The average molecular weight is 246 g/mol. The van der Waals surface area contributed by atoms with Gasteiger partial charge in [0.2, 0.25) is 0 Å². The number of rotatable bonds is 11. The van der Waals surface area contributed by atoms with Crippen molar-refractivity contribution in [1.29, 1.82) is 0 Å². The molecule has 104 valence electrons. The molecule has 0 saturated carbocycles. The summed E-state index contributed by atoms with van der Waals surface area (Å²) in [7, 11) is 0. The molecule has 0 heterocycles. The van der Waals surface area contributed by atoms with Gasteiger partial charge in [-0.15, -0.1) is 0 Å². The lowest BCUT2D eigenvalue weighted by atomic mass is 9.88. The molecule has 3 N–H and O–H groups in total. The topological polar surface area (TPSA) is 60.7 Å². The van der Waals surface area contributed by atoms with Gasteiger partial charge >= 0.3 is 0 Å². The van der Waals surface area contributed by atoms with Crippen LogP contribution < -0.4 is 0 Å². The van der Waals surface area contributed by atoms with E-state index < -0.39 is 11.7 Å². The minimum atomic E-state index is -1.10. The molecule has 3 nitrogen and oxygen atoms in total. The highest BCUT2D eigenvalue weighted by Crippen LogP contribution is 2.23. The van der Waals surface area contributed by atoms with Crippen LogP contribution in [0.15, 0.2) is 0 Å². The van der Waals surface area contributed by atoms with Crippen LogP contribution in [0.2, 0.25) is 0 Å². The summed E-state index contributed by atoms with van der Waals surface area (Å²) in [4.78, 5) is 0. The van der Waals surface area contributed by atoms with Crippen molar-refractivity contribution in [3.05, 3.63) is 0 Å². The molecule has 0 aliphatic carbocycles. The molecule has 0 fully saturated rings. The molecule has 2 unspecified atom stereocenters. The predicted octanol–water partition coefficient (Wildman–Crippen LogP) is 2.62. The lowest BCUT2D eigenvalue weighted by molar-refractivity contribution is -0.102. The summed E-state index contributed by atoms with van der Waals surface area (Å²) in [6.45, 7) is 3.69. The minimum absolute atomic E-state index is 0.360. The van der Waals surface area contributed by atoms with E-state index in [1.165, 1.54) is 32.1 Å². The van der Waals surface area contributed by atoms with Crippen LogP contribution in [-0.4, -0.2) is 33.6 Å². The van der Waals surface area contributed by atoms with Crippen molar-refractivity contribution < 1.29 is 15.3 Å². The maximum Gasteiger partial charge on any atom is 0.106 e. The maximum atomic E-state index is 10.1. The summed E-state index contributed by atoms with van der Waals surface area (Å²) in [5, 5.41) is 28.6. The smallest absolute Gasteiger partial charge is 0.106 e. The van der Waals surface area contributed by atoms with Gasteiger partial charge in [0.25, 0.3) is 0 Å². The Bertz CT molecular complexity index is 173. The number of hydrogen-bond donors (Lipinski definition) is 3. The van der Waals surface area contributed by atoms with Gasteiger partial charge < -0.3 is 15.3 Å². The zero-order valence-corrected chi connectivity index (χ0v) is 11.5. The fourth-order valence-electron chi connectivity index (χ4n) is 2.14. The first-order valence-electron chi connectivity index (χ1n) is 7.12. The van der Waals surface area contributed by atoms with Gasteiger partial charge in [0, 0.05) is 0 Å². The van der Waals surface area contributed by atoms with Gasteiger partial charge in [0.1, 0.15) is 6.10 Å². The summed E-state index contributed by atoms with van der Waals surface area (Å²) in [5.41, 5.74) is -1.10. The Hall–Kier alpha value is -0.120. The van der Waals surface area contributed by atoms with E-state index >= 15 is 0 Å². The fraction of sp³-hybridized carbons (Fsp3) is 1.00. The molecule has 0 aliphatic heterocycles. The van der Waals surface area contributed by atoms with Crippen LogP contribution in [0.4, 0.5) is 0 Å². The Kier molecular flexibility index (Phi) is 9.79. The second-order valence-electron chi connectivity index (χ2n) is 5.03. The van der Waals surface area contributed by atoms with Gasteiger partial charge in [-0.3, -0.25) is 0 Å². The molecular formula is C14H30O3. The highest BCUT2D eigenvalue weighted by molar-refractivity contribution is 4.84. The van der Waals surface area contributed by atoms with Crippen molar-refractivity contribution in [2.45, 2.75) is 83.3 Å². The van der Waals surface area contributed by atoms with Crippen LogP contribution in [0, 0.1) is 0 Å². The summed E-state index contributed by atoms with van der Waals surface area (Å²) >= 11 is 0. The van der Waals surface area contributed by atoms with E-state index in [1.807, 2.05) is 6.92 Å². The molecule has 0 aromatic carbocycles. The third kappa shape index (κ3) is 7.02. The molecule has 0 aliphatic rings. The van der Waals surface area contributed by atoms with Gasteiger partial charge in [-0.05, 0) is 12.8 Å². The van der Waals surface area contributed by atoms with Gasteiger partial charge in [-0.25, -0.2) is 0 Å². The number of aliphatic hydroxyl groups excluding tert-OH is 2. The monoisotopic (exact) mass is 246 g/mol. The Labute approximate surface area is 106 Å². The second kappa shape index (κ2) is 9.86. The van der Waals surface area contributed by atoms with E-state index in [-0.39, 0.29) is 6.61 Å². The SMILES string of the molecule is CCCCCCCCCC(O)(CC)C(O)CO. The molecule has 0 radical (unpaired) electrons. The van der Waals surface area contributed by atoms with Crippen LogP contribution in [0.25, 0.3) is 0 Å². The molecule has 0 saturated heterocycles. The van der Waals surface area contributed by atoms with Gasteiger partial charge in [-0.1, -0.05) is 58.8 Å². The van der Waals surface area contributed by atoms with E-state index in [0.29, 0.717) is 12.8 Å². The predicted molar refractivity (Wildman–Crippen MR) is 70.9 cm³/mol. The summed E-state index contributed by atoms with van der Waals surface area (Å²) in [6, 6.07) is 0. The standard InChI is InChI=1S/C14H30O3/c1-3-5-6-7-8-9-10-11-14(17,4-2)13(16)12-15/h13,15-17H,3-12H2,1-2H3. The average Bonchev–Trinajstić information content (AvgIpc) is 2.36. The number of aliphatic hydroxyl groups is 3. The number of hydrogen-bond acceptors (Lipinski definition) is 3. The first-order valence-corrected chi connectivity index (χ1v) is 7.12. The summed E-state index contributed by atoms with van der Waals surface area (Å²) in [5.74, 6) is 0. The molecule has 0 rings (SSSR count). The molecule has 3 heteroatoms. The van der Waals surface area contributed by atoms with Crippen LogP contribution >= 0.6 is 0 Å². The van der Waals surface area contributed by atoms with E-state index in [1.54, 1.807) is 0 Å². The quantitative estimate of drug-likeness (QED) is 0.491. The lowest BCUT2D eigenvalue weighted by Crippen LogP contribution is -2.43. The zero-order chi connectivity index (χ0) is 13.1. The fourth-order valence-corrected chi connectivity index (χ4v) is 2.14. The van der Waals surface area contributed by atoms with Crippen molar-refractivity contribution in [3.8, 4) is 0 Å². The van der Waals surface area contributed by atoms with Crippen molar-refractivity contribution in [3.63, 3.8) is 0 Å². The Morgan fingerprint density at radius 2 is 1.47 bits per heavy atom. The minimum Gasteiger partial charge on any atom is -0.394 e. The molecule has 0 aromatic heterocycles. The van der Waals surface area contributed by atoms with Crippen molar-refractivity contribution in [2.24, 2.45) is 0 Å². The first-order chi connectivity index (χ1) is 8.10. The molecule has 0 aromatic rings.